The fourth-order valence-corrected chi connectivity index (χ4v) is 8.92. The van der Waals surface area contributed by atoms with Crippen molar-refractivity contribution < 1.29 is 13.9 Å². The molecule has 2 aromatic carbocycles. The molecule has 3 rings (SSSR count). The Morgan fingerprint density at radius 2 is 1.44 bits per heavy atom. The van der Waals surface area contributed by atoms with Crippen LogP contribution in [-0.4, -0.2) is 33.9 Å². The lowest BCUT2D eigenvalue weighted by atomic mass is 10.1. The Bertz CT molecular complexity index is 672. The molecule has 0 aromatic heterocycles. The van der Waals surface area contributed by atoms with E-state index in [1.165, 1.54) is 10.4 Å². The predicted octanol–water partition coefficient (Wildman–Crippen LogP) is 4.10. The monoisotopic (exact) mass is 384 g/mol. The largest absolute Gasteiger partial charge is 0.402 e. The van der Waals surface area contributed by atoms with Crippen LogP contribution < -0.4 is 10.4 Å². The molecule has 146 valence electrons. The van der Waals surface area contributed by atoms with E-state index in [0.29, 0.717) is 0 Å². The summed E-state index contributed by atoms with van der Waals surface area (Å²) in [5, 5.41) is 2.58. The average molecular weight is 385 g/mol. The molecule has 3 atom stereocenters. The van der Waals surface area contributed by atoms with Crippen molar-refractivity contribution in [3.8, 4) is 0 Å². The first-order valence-corrected chi connectivity index (χ1v) is 11.8. The van der Waals surface area contributed by atoms with Crippen molar-refractivity contribution in [1.29, 1.82) is 0 Å². The molecule has 0 spiro atoms. The molecule has 3 nitrogen and oxygen atoms in total. The number of hydrogen-bond acceptors (Lipinski definition) is 3. The van der Waals surface area contributed by atoms with Crippen molar-refractivity contribution in [1.82, 2.24) is 0 Å². The zero-order valence-corrected chi connectivity index (χ0v) is 18.1. The van der Waals surface area contributed by atoms with Gasteiger partial charge in [-0.1, -0.05) is 81.4 Å². The van der Waals surface area contributed by atoms with Crippen molar-refractivity contribution in [2.24, 2.45) is 0 Å². The highest BCUT2D eigenvalue weighted by atomic mass is 28.4. The van der Waals surface area contributed by atoms with Crippen LogP contribution in [0.2, 0.25) is 5.04 Å². The van der Waals surface area contributed by atoms with Crippen LogP contribution in [0.25, 0.3) is 0 Å². The Morgan fingerprint density at radius 1 is 0.926 bits per heavy atom. The van der Waals surface area contributed by atoms with Gasteiger partial charge in [0.2, 0.25) is 0 Å². The van der Waals surface area contributed by atoms with Gasteiger partial charge in [0, 0.05) is 13.5 Å². The standard InChI is InChI=1S/C23H32O3Si/c1-18(21-16-17-22(24-5)25-21)26-27(23(2,3)4,19-12-8-6-9-13-19)20-14-10-7-11-15-20/h6-15,18,21-22H,16-17H2,1-5H3/t18-,21+,22?/m1/s1. The SMILES string of the molecule is COC1CC[C@@H]([C@@H](C)O[Si](c2ccccc2)(c2ccccc2)C(C)(C)C)O1. The number of rotatable bonds is 6. The Hall–Kier alpha value is -1.46. The quantitative estimate of drug-likeness (QED) is 0.702. The van der Waals surface area contributed by atoms with E-state index >= 15 is 0 Å². The molecule has 1 heterocycles. The lowest BCUT2D eigenvalue weighted by Crippen LogP contribution is -2.68. The highest BCUT2D eigenvalue weighted by Crippen LogP contribution is 2.38. The van der Waals surface area contributed by atoms with Crippen molar-refractivity contribution in [3.05, 3.63) is 60.7 Å². The third-order valence-corrected chi connectivity index (χ3v) is 10.7. The minimum Gasteiger partial charge on any atom is -0.402 e. The van der Waals surface area contributed by atoms with E-state index in [0.717, 1.165) is 12.8 Å². The Kier molecular flexibility index (Phi) is 6.21. The molecule has 0 amide bonds. The van der Waals surface area contributed by atoms with Gasteiger partial charge in [0.1, 0.15) is 0 Å². The van der Waals surface area contributed by atoms with E-state index in [9.17, 15) is 0 Å². The third-order valence-electron chi connectivity index (χ3n) is 5.58. The molecular formula is C23H32O3Si. The molecule has 0 saturated carbocycles. The second-order valence-corrected chi connectivity index (χ2v) is 12.7. The normalized spacial score (nSPS) is 22.0. The molecule has 0 aliphatic carbocycles. The lowest BCUT2D eigenvalue weighted by molar-refractivity contribution is -0.133. The zero-order valence-electron chi connectivity index (χ0n) is 17.1. The van der Waals surface area contributed by atoms with Crippen LogP contribution in [-0.2, 0) is 13.9 Å². The molecular weight excluding hydrogens is 352 g/mol. The van der Waals surface area contributed by atoms with Gasteiger partial charge in [0.15, 0.2) is 6.29 Å². The fourth-order valence-electron chi connectivity index (χ4n) is 4.20. The summed E-state index contributed by atoms with van der Waals surface area (Å²) in [7, 11) is -0.824. The van der Waals surface area contributed by atoms with Gasteiger partial charge in [0.25, 0.3) is 8.32 Å². The van der Waals surface area contributed by atoms with Crippen LogP contribution in [0.15, 0.2) is 60.7 Å². The van der Waals surface area contributed by atoms with E-state index in [2.05, 4.69) is 88.4 Å². The van der Waals surface area contributed by atoms with E-state index in [-0.39, 0.29) is 23.5 Å². The molecule has 2 aromatic rings. The predicted molar refractivity (Wildman–Crippen MR) is 113 cm³/mol. The van der Waals surface area contributed by atoms with Crippen molar-refractivity contribution in [2.75, 3.05) is 7.11 Å². The van der Waals surface area contributed by atoms with Gasteiger partial charge < -0.3 is 13.9 Å². The fraction of sp³-hybridized carbons (Fsp3) is 0.478. The van der Waals surface area contributed by atoms with E-state index < -0.39 is 8.32 Å². The molecule has 1 fully saturated rings. The maximum atomic E-state index is 7.11. The summed E-state index contributed by atoms with van der Waals surface area (Å²) in [5.41, 5.74) is 0. The maximum absolute atomic E-state index is 7.11. The van der Waals surface area contributed by atoms with Gasteiger partial charge in [-0.2, -0.15) is 0 Å². The number of ether oxygens (including phenoxy) is 2. The molecule has 1 aliphatic rings. The molecule has 0 bridgehead atoms. The van der Waals surface area contributed by atoms with E-state index in [4.69, 9.17) is 13.9 Å². The number of hydrogen-bond donors (Lipinski definition) is 0. The molecule has 1 unspecified atom stereocenters. The second kappa shape index (κ2) is 8.27. The Morgan fingerprint density at radius 3 is 1.85 bits per heavy atom. The highest BCUT2D eigenvalue weighted by Gasteiger charge is 2.52. The summed E-state index contributed by atoms with van der Waals surface area (Å²) in [4.78, 5) is 0. The van der Waals surface area contributed by atoms with Gasteiger partial charge in [-0.25, -0.2) is 0 Å². The van der Waals surface area contributed by atoms with Gasteiger partial charge in [-0.15, -0.1) is 0 Å². The zero-order chi connectivity index (χ0) is 19.5. The highest BCUT2D eigenvalue weighted by molar-refractivity contribution is 6.99. The first-order chi connectivity index (χ1) is 12.9. The molecule has 27 heavy (non-hydrogen) atoms. The minimum absolute atomic E-state index is 0.00328. The Labute approximate surface area is 164 Å². The second-order valence-electron chi connectivity index (χ2n) is 8.40. The van der Waals surface area contributed by atoms with Crippen LogP contribution in [0.3, 0.4) is 0 Å². The van der Waals surface area contributed by atoms with Gasteiger partial charge in [0.05, 0.1) is 12.2 Å². The lowest BCUT2D eigenvalue weighted by Gasteiger charge is -2.45. The molecule has 1 aliphatic heterocycles. The summed E-state index contributed by atoms with van der Waals surface area (Å²) in [6.07, 6.45) is 1.85. The molecule has 4 heteroatoms. The summed E-state index contributed by atoms with van der Waals surface area (Å²) in [6, 6.07) is 21.5. The first-order valence-electron chi connectivity index (χ1n) is 9.85. The van der Waals surface area contributed by atoms with Crippen LogP contribution in [0, 0.1) is 0 Å². The summed E-state index contributed by atoms with van der Waals surface area (Å²) >= 11 is 0. The van der Waals surface area contributed by atoms with E-state index in [1.807, 2.05) is 0 Å². The van der Waals surface area contributed by atoms with Gasteiger partial charge in [-0.05, 0) is 28.8 Å². The maximum Gasteiger partial charge on any atom is 0.261 e. The van der Waals surface area contributed by atoms with Crippen molar-refractivity contribution in [3.63, 3.8) is 0 Å². The third kappa shape index (κ3) is 4.04. The number of benzene rings is 2. The summed E-state index contributed by atoms with van der Waals surface area (Å²) in [6.45, 7) is 9.07. The first kappa shape index (κ1) is 20.3. The molecule has 1 saturated heterocycles. The summed E-state index contributed by atoms with van der Waals surface area (Å²) in [5.74, 6) is 0. The molecule has 0 N–H and O–H groups in total. The van der Waals surface area contributed by atoms with Crippen molar-refractivity contribution >= 4 is 18.7 Å². The van der Waals surface area contributed by atoms with Crippen molar-refractivity contribution in [2.45, 2.75) is 64.1 Å². The van der Waals surface area contributed by atoms with Gasteiger partial charge in [-0.3, -0.25) is 0 Å². The molecule has 0 radical (unpaired) electrons. The van der Waals surface area contributed by atoms with E-state index in [1.54, 1.807) is 7.11 Å². The smallest absolute Gasteiger partial charge is 0.261 e. The summed E-state index contributed by atoms with van der Waals surface area (Å²) < 4.78 is 18.6. The van der Waals surface area contributed by atoms with Gasteiger partial charge >= 0.3 is 0 Å². The topological polar surface area (TPSA) is 27.7 Å². The minimum atomic E-state index is -2.53. The van der Waals surface area contributed by atoms with Crippen LogP contribution in [0.4, 0.5) is 0 Å². The average Bonchev–Trinajstić information content (AvgIpc) is 3.16. The number of methoxy groups -OCH3 is 1. The van der Waals surface area contributed by atoms with Crippen LogP contribution in [0.1, 0.15) is 40.5 Å². The van der Waals surface area contributed by atoms with Crippen LogP contribution >= 0.6 is 0 Å². The van der Waals surface area contributed by atoms with Crippen LogP contribution in [0.5, 0.6) is 0 Å². The Balaban J connectivity index is 2.04.